The number of aliphatic hydroxyl groups excluding tert-OH is 1. The van der Waals surface area contributed by atoms with E-state index >= 15 is 0 Å². The van der Waals surface area contributed by atoms with Gasteiger partial charge in [0, 0.05) is 50.6 Å². The molecule has 0 aliphatic heterocycles. The molecule has 1 saturated carbocycles. The zero-order valence-corrected chi connectivity index (χ0v) is 39.8. The van der Waals surface area contributed by atoms with Gasteiger partial charge in [-0.2, -0.15) is 0 Å². The molecule has 1 fully saturated rings. The van der Waals surface area contributed by atoms with E-state index in [9.17, 15) is 29.1 Å². The average Bonchev–Trinajstić information content (AvgIpc) is 3.24. The third-order valence-electron chi connectivity index (χ3n) is 11.9. The summed E-state index contributed by atoms with van der Waals surface area (Å²) in [5.74, 6) is -2.32. The Bertz CT molecular complexity index is 1100. The Morgan fingerprint density at radius 2 is 0.758 bits per heavy atom. The van der Waals surface area contributed by atoms with Crippen LogP contribution in [0.15, 0.2) is 0 Å². The van der Waals surface area contributed by atoms with Gasteiger partial charge in [0.1, 0.15) is 19.8 Å². The monoisotopic (exact) mass is 882 g/mol. The van der Waals surface area contributed by atoms with E-state index in [1.165, 1.54) is 25.7 Å². The Morgan fingerprint density at radius 3 is 1.10 bits per heavy atom. The van der Waals surface area contributed by atoms with Crippen molar-refractivity contribution in [2.45, 2.75) is 226 Å². The van der Waals surface area contributed by atoms with Crippen LogP contribution in [0.5, 0.6) is 0 Å². The third kappa shape index (κ3) is 33.8. The van der Waals surface area contributed by atoms with E-state index in [1.807, 2.05) is 0 Å². The standard InChI is InChI=1S/C50H91NO11/c1-4-7-10-13-17-22-32-48(55)60-40-44(41-61-49(56)33-23-18-14-19-24-35-51(36-37-52)45-28-26-29-45)42-62-50(57)34-25-27-43(38-58-46(53)30-20-15-11-8-5-2)39-59-47(54)31-21-16-12-9-6-3/h43-45,52H,4-42H2,1-3H3. The predicted molar refractivity (Wildman–Crippen MR) is 244 cm³/mol. The molecular formula is C50H91NO11. The second kappa shape index (κ2) is 41.0. The van der Waals surface area contributed by atoms with Gasteiger partial charge in [-0.15, -0.1) is 0 Å². The average molecular weight is 882 g/mol. The summed E-state index contributed by atoms with van der Waals surface area (Å²) in [4.78, 5) is 65.5. The number of hydrogen-bond donors (Lipinski definition) is 1. The van der Waals surface area contributed by atoms with Gasteiger partial charge in [0.05, 0.1) is 25.7 Å². The zero-order valence-electron chi connectivity index (χ0n) is 39.8. The van der Waals surface area contributed by atoms with Crippen molar-refractivity contribution < 1.29 is 52.8 Å². The minimum absolute atomic E-state index is 0.0145. The molecule has 0 aromatic carbocycles. The minimum atomic E-state index is -0.496. The molecule has 62 heavy (non-hydrogen) atoms. The van der Waals surface area contributed by atoms with E-state index in [-0.39, 0.29) is 75.9 Å². The summed E-state index contributed by atoms with van der Waals surface area (Å²) in [6, 6.07) is 0.628. The maximum absolute atomic E-state index is 12.9. The molecule has 1 rings (SSSR count). The van der Waals surface area contributed by atoms with Gasteiger partial charge in [0.25, 0.3) is 0 Å². The number of rotatable bonds is 44. The normalized spacial score (nSPS) is 13.2. The summed E-state index contributed by atoms with van der Waals surface area (Å²) in [7, 11) is 0. The van der Waals surface area contributed by atoms with Crippen molar-refractivity contribution in [2.75, 3.05) is 52.7 Å². The van der Waals surface area contributed by atoms with Crippen molar-refractivity contribution in [3.8, 4) is 0 Å². The molecule has 0 aromatic rings. The molecule has 12 heteroatoms. The maximum atomic E-state index is 12.9. The van der Waals surface area contributed by atoms with Crippen LogP contribution in [0.2, 0.25) is 0 Å². The van der Waals surface area contributed by atoms with Gasteiger partial charge in [0.2, 0.25) is 0 Å². The number of nitrogens with zero attached hydrogens (tertiary/aromatic N) is 1. The van der Waals surface area contributed by atoms with Crippen LogP contribution in [0, 0.1) is 11.8 Å². The molecule has 0 radical (unpaired) electrons. The van der Waals surface area contributed by atoms with E-state index in [1.54, 1.807) is 0 Å². The van der Waals surface area contributed by atoms with E-state index < -0.39 is 11.9 Å². The van der Waals surface area contributed by atoms with Gasteiger partial charge >= 0.3 is 29.8 Å². The number of unbranched alkanes of at least 4 members (excludes halogenated alkanes) is 17. The van der Waals surface area contributed by atoms with Crippen molar-refractivity contribution in [2.24, 2.45) is 11.8 Å². The lowest BCUT2D eigenvalue weighted by Gasteiger charge is -2.37. The lowest BCUT2D eigenvalue weighted by molar-refractivity contribution is -0.155. The van der Waals surface area contributed by atoms with Crippen molar-refractivity contribution in [1.29, 1.82) is 0 Å². The van der Waals surface area contributed by atoms with E-state index in [4.69, 9.17) is 23.7 Å². The molecule has 12 nitrogen and oxygen atoms in total. The topological polar surface area (TPSA) is 155 Å². The highest BCUT2D eigenvalue weighted by molar-refractivity contribution is 5.71. The summed E-state index contributed by atoms with van der Waals surface area (Å²) >= 11 is 0. The molecule has 362 valence electrons. The quantitative estimate of drug-likeness (QED) is 0.0352. The van der Waals surface area contributed by atoms with Crippen molar-refractivity contribution >= 4 is 29.8 Å². The molecular weight excluding hydrogens is 791 g/mol. The van der Waals surface area contributed by atoms with Crippen LogP contribution in [0.25, 0.3) is 0 Å². The third-order valence-corrected chi connectivity index (χ3v) is 11.9. The highest BCUT2D eigenvalue weighted by Crippen LogP contribution is 2.25. The van der Waals surface area contributed by atoms with Crippen molar-refractivity contribution in [3.63, 3.8) is 0 Å². The van der Waals surface area contributed by atoms with Crippen LogP contribution in [0.4, 0.5) is 0 Å². The number of aliphatic hydroxyl groups is 1. The van der Waals surface area contributed by atoms with Crippen LogP contribution < -0.4 is 0 Å². The Labute approximate surface area is 377 Å². The van der Waals surface area contributed by atoms with Gasteiger partial charge in [0.15, 0.2) is 0 Å². The maximum Gasteiger partial charge on any atom is 0.305 e. The predicted octanol–water partition coefficient (Wildman–Crippen LogP) is 10.8. The Balaban J connectivity index is 2.59. The fraction of sp³-hybridized carbons (Fsp3) is 0.900. The van der Waals surface area contributed by atoms with Crippen LogP contribution in [-0.2, 0) is 47.7 Å². The second-order valence-electron chi connectivity index (χ2n) is 17.7. The molecule has 0 bridgehead atoms. The molecule has 1 atom stereocenters. The Kier molecular flexibility index (Phi) is 37.9. The molecule has 1 unspecified atom stereocenters. The first-order valence-corrected chi connectivity index (χ1v) is 25.3. The van der Waals surface area contributed by atoms with Gasteiger partial charge in [-0.25, -0.2) is 0 Å². The van der Waals surface area contributed by atoms with Crippen LogP contribution in [-0.4, -0.2) is 98.6 Å². The largest absolute Gasteiger partial charge is 0.465 e. The number of ether oxygens (including phenoxy) is 5. The summed E-state index contributed by atoms with van der Waals surface area (Å²) < 4.78 is 27.9. The van der Waals surface area contributed by atoms with Gasteiger partial charge in [-0.05, 0) is 64.3 Å². The smallest absolute Gasteiger partial charge is 0.305 e. The van der Waals surface area contributed by atoms with Crippen LogP contribution in [0.3, 0.4) is 0 Å². The molecule has 1 aliphatic carbocycles. The fourth-order valence-corrected chi connectivity index (χ4v) is 7.58. The summed E-state index contributed by atoms with van der Waals surface area (Å²) in [5, 5.41) is 9.39. The molecule has 0 heterocycles. The highest BCUT2D eigenvalue weighted by atomic mass is 16.6. The highest BCUT2D eigenvalue weighted by Gasteiger charge is 2.24. The molecule has 1 aliphatic rings. The van der Waals surface area contributed by atoms with Crippen molar-refractivity contribution in [3.05, 3.63) is 0 Å². The molecule has 0 aromatic heterocycles. The van der Waals surface area contributed by atoms with E-state index in [2.05, 4.69) is 25.7 Å². The summed E-state index contributed by atoms with van der Waals surface area (Å²) in [6.45, 7) is 8.58. The van der Waals surface area contributed by atoms with Crippen LogP contribution in [0.1, 0.15) is 220 Å². The summed E-state index contributed by atoms with van der Waals surface area (Å²) in [6.07, 6.45) is 27.7. The molecule has 0 spiro atoms. The second-order valence-corrected chi connectivity index (χ2v) is 17.7. The number of esters is 5. The summed E-state index contributed by atoms with van der Waals surface area (Å²) in [5.41, 5.74) is 0. The first kappa shape index (κ1) is 57.3. The molecule has 0 saturated heterocycles. The first-order chi connectivity index (χ1) is 30.2. The lowest BCUT2D eigenvalue weighted by Crippen LogP contribution is -2.42. The Morgan fingerprint density at radius 1 is 0.435 bits per heavy atom. The molecule has 0 amide bonds. The first-order valence-electron chi connectivity index (χ1n) is 25.3. The Hall–Kier alpha value is -2.73. The SMILES string of the molecule is CCCCCCCCC(=O)OCC(COC(=O)CCCCCCCN(CCO)C1CCC1)COC(=O)CCCC(COC(=O)CCCCCCC)COC(=O)CCCCCCC. The minimum Gasteiger partial charge on any atom is -0.465 e. The zero-order chi connectivity index (χ0) is 45.3. The van der Waals surface area contributed by atoms with Gasteiger partial charge in [-0.1, -0.05) is 130 Å². The molecule has 1 N–H and O–H groups in total. The van der Waals surface area contributed by atoms with E-state index in [0.29, 0.717) is 44.6 Å². The van der Waals surface area contributed by atoms with Gasteiger partial charge < -0.3 is 28.8 Å². The van der Waals surface area contributed by atoms with E-state index in [0.717, 1.165) is 142 Å². The van der Waals surface area contributed by atoms with Crippen molar-refractivity contribution in [1.82, 2.24) is 4.90 Å². The number of carbonyl (C=O) groups excluding carboxylic acids is 5. The number of hydrogen-bond acceptors (Lipinski definition) is 12. The fourth-order valence-electron chi connectivity index (χ4n) is 7.58. The lowest BCUT2D eigenvalue weighted by atomic mass is 9.91. The van der Waals surface area contributed by atoms with Gasteiger partial charge in [-0.3, -0.25) is 28.9 Å². The number of carbonyl (C=O) groups is 5. The van der Waals surface area contributed by atoms with Crippen LogP contribution >= 0.6 is 0 Å².